The van der Waals surface area contributed by atoms with E-state index in [1.54, 1.807) is 0 Å². The minimum absolute atomic E-state index is 0.00986. The third kappa shape index (κ3) is 2.34. The molecule has 0 amide bonds. The van der Waals surface area contributed by atoms with Gasteiger partial charge in [-0.05, 0) is 24.0 Å². The van der Waals surface area contributed by atoms with Crippen molar-refractivity contribution in [1.29, 1.82) is 0 Å². The smallest absolute Gasteiger partial charge is 0.130 e. The van der Waals surface area contributed by atoms with Crippen molar-refractivity contribution < 1.29 is 8.78 Å². The Morgan fingerprint density at radius 1 is 1.27 bits per heavy atom. The second kappa shape index (κ2) is 4.27. The molecule has 1 aromatic rings. The highest BCUT2D eigenvalue weighted by molar-refractivity contribution is 5.24. The molecular formula is C12H17F2N. The number of hydrogen-bond donors (Lipinski definition) is 1. The third-order valence-electron chi connectivity index (χ3n) is 3.06. The fraction of sp³-hybridized carbons (Fsp3) is 0.500. The molecule has 15 heavy (non-hydrogen) atoms. The second-order valence-electron chi connectivity index (χ2n) is 4.46. The van der Waals surface area contributed by atoms with Crippen LogP contribution in [0, 0.1) is 17.0 Å². The summed E-state index contributed by atoms with van der Waals surface area (Å²) in [6.45, 7) is 5.77. The van der Waals surface area contributed by atoms with E-state index in [0.29, 0.717) is 0 Å². The van der Waals surface area contributed by atoms with Crippen LogP contribution >= 0.6 is 0 Å². The standard InChI is InChI=1S/C12H17F2N/c1-4-12(2,3)11(15)10-8(13)6-5-7-9(10)14/h5-7,11H,4,15H2,1-3H3. The summed E-state index contributed by atoms with van der Waals surface area (Å²) in [4.78, 5) is 0. The highest BCUT2D eigenvalue weighted by Gasteiger charge is 2.29. The molecule has 0 bridgehead atoms. The summed E-state index contributed by atoms with van der Waals surface area (Å²) < 4.78 is 26.9. The highest BCUT2D eigenvalue weighted by atomic mass is 19.1. The lowest BCUT2D eigenvalue weighted by Gasteiger charge is -2.31. The van der Waals surface area contributed by atoms with Gasteiger partial charge < -0.3 is 5.73 Å². The van der Waals surface area contributed by atoms with E-state index >= 15 is 0 Å². The minimum atomic E-state index is -0.622. The van der Waals surface area contributed by atoms with Gasteiger partial charge in [-0.15, -0.1) is 0 Å². The van der Waals surface area contributed by atoms with Crippen LogP contribution in [0.3, 0.4) is 0 Å². The zero-order valence-corrected chi connectivity index (χ0v) is 9.35. The van der Waals surface area contributed by atoms with Gasteiger partial charge in [0.2, 0.25) is 0 Å². The van der Waals surface area contributed by atoms with Crippen LogP contribution < -0.4 is 5.73 Å². The first kappa shape index (κ1) is 12.1. The Bertz CT molecular complexity index is 327. The Morgan fingerprint density at radius 2 is 1.73 bits per heavy atom. The summed E-state index contributed by atoms with van der Waals surface area (Å²) in [5.74, 6) is -1.13. The van der Waals surface area contributed by atoms with Crippen LogP contribution in [0.15, 0.2) is 18.2 Å². The molecule has 2 N–H and O–H groups in total. The average Bonchev–Trinajstić information content (AvgIpc) is 2.17. The lowest BCUT2D eigenvalue weighted by molar-refractivity contribution is 0.266. The summed E-state index contributed by atoms with van der Waals surface area (Å²) in [5.41, 5.74) is 5.58. The Morgan fingerprint density at radius 3 is 2.13 bits per heavy atom. The molecule has 1 unspecified atom stereocenters. The van der Waals surface area contributed by atoms with Crippen LogP contribution in [-0.2, 0) is 0 Å². The molecule has 1 aromatic carbocycles. The second-order valence-corrected chi connectivity index (χ2v) is 4.46. The molecule has 0 heterocycles. The van der Waals surface area contributed by atoms with Crippen LogP contribution in [0.2, 0.25) is 0 Å². The first-order valence-corrected chi connectivity index (χ1v) is 5.09. The predicted octanol–water partition coefficient (Wildman–Crippen LogP) is 3.40. The molecule has 3 heteroatoms. The Labute approximate surface area is 89.3 Å². The van der Waals surface area contributed by atoms with Crippen molar-refractivity contribution in [3.8, 4) is 0 Å². The molecule has 0 radical (unpaired) electrons. The molecule has 1 nitrogen and oxygen atoms in total. The number of benzene rings is 1. The molecule has 0 saturated heterocycles. The van der Waals surface area contributed by atoms with Crippen LogP contribution in [0.5, 0.6) is 0 Å². The zero-order chi connectivity index (χ0) is 11.6. The molecule has 84 valence electrons. The van der Waals surface area contributed by atoms with E-state index < -0.39 is 17.7 Å². The van der Waals surface area contributed by atoms with Crippen LogP contribution in [-0.4, -0.2) is 0 Å². The SMILES string of the molecule is CCC(C)(C)C(N)c1c(F)cccc1F. The largest absolute Gasteiger partial charge is 0.323 e. The van der Waals surface area contributed by atoms with E-state index in [9.17, 15) is 8.78 Å². The van der Waals surface area contributed by atoms with E-state index in [0.717, 1.165) is 6.42 Å². The topological polar surface area (TPSA) is 26.0 Å². The normalized spacial score (nSPS) is 14.0. The highest BCUT2D eigenvalue weighted by Crippen LogP contribution is 2.36. The summed E-state index contributed by atoms with van der Waals surface area (Å²) in [6.07, 6.45) is 0.766. The van der Waals surface area contributed by atoms with Gasteiger partial charge in [0.05, 0.1) is 0 Å². The van der Waals surface area contributed by atoms with E-state index in [2.05, 4.69) is 0 Å². The first-order chi connectivity index (χ1) is 6.90. The number of hydrogen-bond acceptors (Lipinski definition) is 1. The quantitative estimate of drug-likeness (QED) is 0.818. The number of halogens is 2. The summed E-state index contributed by atoms with van der Waals surface area (Å²) in [6, 6.07) is 3.21. The van der Waals surface area contributed by atoms with Crippen molar-refractivity contribution in [3.63, 3.8) is 0 Å². The maximum atomic E-state index is 13.4. The van der Waals surface area contributed by atoms with E-state index in [-0.39, 0.29) is 11.0 Å². The van der Waals surface area contributed by atoms with Gasteiger partial charge >= 0.3 is 0 Å². The van der Waals surface area contributed by atoms with E-state index in [4.69, 9.17) is 5.73 Å². The van der Waals surface area contributed by atoms with E-state index in [1.807, 2.05) is 20.8 Å². The van der Waals surface area contributed by atoms with Crippen LogP contribution in [0.4, 0.5) is 8.78 Å². The van der Waals surface area contributed by atoms with E-state index in [1.165, 1.54) is 18.2 Å². The Balaban J connectivity index is 3.16. The number of rotatable bonds is 3. The first-order valence-electron chi connectivity index (χ1n) is 5.09. The van der Waals surface area contributed by atoms with Crippen molar-refractivity contribution in [1.82, 2.24) is 0 Å². The van der Waals surface area contributed by atoms with Crippen molar-refractivity contribution >= 4 is 0 Å². The third-order valence-corrected chi connectivity index (χ3v) is 3.06. The fourth-order valence-electron chi connectivity index (χ4n) is 1.42. The molecule has 0 aromatic heterocycles. The Hall–Kier alpha value is -0.960. The van der Waals surface area contributed by atoms with Crippen LogP contribution in [0.25, 0.3) is 0 Å². The maximum Gasteiger partial charge on any atom is 0.130 e. The molecule has 1 rings (SSSR count). The van der Waals surface area contributed by atoms with Gasteiger partial charge in [0, 0.05) is 11.6 Å². The van der Waals surface area contributed by atoms with Gasteiger partial charge in [0.1, 0.15) is 11.6 Å². The molecule has 0 saturated carbocycles. The van der Waals surface area contributed by atoms with Gasteiger partial charge in [-0.2, -0.15) is 0 Å². The molecule has 0 spiro atoms. The fourth-order valence-corrected chi connectivity index (χ4v) is 1.42. The maximum absolute atomic E-state index is 13.4. The number of nitrogens with two attached hydrogens (primary N) is 1. The van der Waals surface area contributed by atoms with Crippen molar-refractivity contribution in [2.75, 3.05) is 0 Å². The molecule has 0 aliphatic heterocycles. The summed E-state index contributed by atoms with van der Waals surface area (Å²) in [7, 11) is 0. The lowest BCUT2D eigenvalue weighted by Crippen LogP contribution is -2.30. The van der Waals surface area contributed by atoms with Crippen molar-refractivity contribution in [3.05, 3.63) is 35.4 Å². The monoisotopic (exact) mass is 213 g/mol. The predicted molar refractivity (Wildman–Crippen MR) is 57.4 cm³/mol. The zero-order valence-electron chi connectivity index (χ0n) is 9.35. The minimum Gasteiger partial charge on any atom is -0.323 e. The van der Waals surface area contributed by atoms with Crippen LogP contribution in [0.1, 0.15) is 38.8 Å². The molecular weight excluding hydrogens is 196 g/mol. The van der Waals surface area contributed by atoms with Crippen molar-refractivity contribution in [2.24, 2.45) is 11.1 Å². The Kier molecular flexibility index (Phi) is 3.45. The molecule has 1 atom stereocenters. The average molecular weight is 213 g/mol. The van der Waals surface area contributed by atoms with Gasteiger partial charge in [-0.25, -0.2) is 8.78 Å². The van der Waals surface area contributed by atoms with Gasteiger partial charge in [0.15, 0.2) is 0 Å². The van der Waals surface area contributed by atoms with Gasteiger partial charge in [0.25, 0.3) is 0 Å². The molecule has 0 fully saturated rings. The molecule has 0 aliphatic rings. The molecule has 0 aliphatic carbocycles. The summed E-state index contributed by atoms with van der Waals surface area (Å²) in [5, 5.41) is 0. The van der Waals surface area contributed by atoms with Gasteiger partial charge in [-0.3, -0.25) is 0 Å². The van der Waals surface area contributed by atoms with Gasteiger partial charge in [-0.1, -0.05) is 26.8 Å². The van der Waals surface area contributed by atoms with Crippen molar-refractivity contribution in [2.45, 2.75) is 33.2 Å². The summed E-state index contributed by atoms with van der Waals surface area (Å²) >= 11 is 0. The lowest BCUT2D eigenvalue weighted by atomic mass is 9.78.